The zero-order chi connectivity index (χ0) is 12.5. The Morgan fingerprint density at radius 2 is 2.00 bits per heavy atom. The van der Waals surface area contributed by atoms with E-state index in [-0.39, 0.29) is 5.91 Å². The average Bonchev–Trinajstić information content (AvgIpc) is 2.72. The summed E-state index contributed by atoms with van der Waals surface area (Å²) in [6.45, 7) is 2.15. The van der Waals surface area contributed by atoms with Crippen LogP contribution in [0.1, 0.15) is 26.2 Å². The SMILES string of the molecule is C[C@@H]1CC[C@@H]2CC(Sc3ccccc3)=CC(=O)N21. The summed E-state index contributed by atoms with van der Waals surface area (Å²) in [5.41, 5.74) is 0. The van der Waals surface area contributed by atoms with Crippen LogP contribution in [0.3, 0.4) is 0 Å². The van der Waals surface area contributed by atoms with E-state index < -0.39 is 0 Å². The number of hydrogen-bond acceptors (Lipinski definition) is 2. The summed E-state index contributed by atoms with van der Waals surface area (Å²) in [6, 6.07) is 11.1. The van der Waals surface area contributed by atoms with Crippen molar-refractivity contribution in [3.05, 3.63) is 41.3 Å². The van der Waals surface area contributed by atoms with Gasteiger partial charge >= 0.3 is 0 Å². The first-order chi connectivity index (χ1) is 8.74. The molecule has 94 valence electrons. The molecule has 1 aromatic rings. The minimum absolute atomic E-state index is 0.203. The molecule has 1 fully saturated rings. The number of carbonyl (C=O) groups excluding carboxylic acids is 1. The van der Waals surface area contributed by atoms with Crippen LogP contribution < -0.4 is 0 Å². The molecule has 0 spiro atoms. The van der Waals surface area contributed by atoms with E-state index in [0.29, 0.717) is 12.1 Å². The molecule has 2 atom stereocenters. The van der Waals surface area contributed by atoms with Gasteiger partial charge < -0.3 is 4.90 Å². The van der Waals surface area contributed by atoms with Crippen molar-refractivity contribution < 1.29 is 4.79 Å². The normalized spacial score (nSPS) is 27.1. The van der Waals surface area contributed by atoms with Crippen molar-refractivity contribution in [2.45, 2.75) is 43.2 Å². The average molecular weight is 259 g/mol. The molecule has 0 aromatic heterocycles. The van der Waals surface area contributed by atoms with Crippen LogP contribution in [0.5, 0.6) is 0 Å². The number of carbonyl (C=O) groups is 1. The Morgan fingerprint density at radius 1 is 1.22 bits per heavy atom. The number of nitrogens with zero attached hydrogens (tertiary/aromatic N) is 1. The third-order valence-electron chi connectivity index (χ3n) is 3.75. The minimum Gasteiger partial charge on any atom is -0.333 e. The van der Waals surface area contributed by atoms with Crippen LogP contribution in [-0.2, 0) is 4.79 Å². The van der Waals surface area contributed by atoms with Gasteiger partial charge in [0.15, 0.2) is 0 Å². The molecule has 2 aliphatic rings. The van der Waals surface area contributed by atoms with Crippen LogP contribution in [0.4, 0.5) is 0 Å². The first-order valence-electron chi connectivity index (χ1n) is 6.50. The summed E-state index contributed by atoms with van der Waals surface area (Å²) >= 11 is 1.73. The van der Waals surface area contributed by atoms with E-state index in [0.717, 1.165) is 19.3 Å². The quantitative estimate of drug-likeness (QED) is 0.811. The van der Waals surface area contributed by atoms with Crippen LogP contribution in [0, 0.1) is 0 Å². The Kier molecular flexibility index (Phi) is 3.16. The number of rotatable bonds is 2. The number of amides is 1. The molecule has 0 unspecified atom stereocenters. The topological polar surface area (TPSA) is 20.3 Å². The zero-order valence-corrected chi connectivity index (χ0v) is 11.3. The van der Waals surface area contributed by atoms with Gasteiger partial charge in [-0.25, -0.2) is 0 Å². The molecule has 0 saturated carbocycles. The molecule has 3 heteroatoms. The third kappa shape index (κ3) is 2.19. The summed E-state index contributed by atoms with van der Waals surface area (Å²) in [5, 5.41) is 0. The number of fused-ring (bicyclic) bond motifs is 1. The van der Waals surface area contributed by atoms with E-state index in [4.69, 9.17) is 0 Å². The molecule has 3 rings (SSSR count). The predicted molar refractivity (Wildman–Crippen MR) is 74.3 cm³/mol. The summed E-state index contributed by atoms with van der Waals surface area (Å²) in [4.78, 5) is 16.6. The Labute approximate surface area is 112 Å². The lowest BCUT2D eigenvalue weighted by Gasteiger charge is -2.32. The molecule has 0 aliphatic carbocycles. The molecule has 2 aliphatic heterocycles. The van der Waals surface area contributed by atoms with Gasteiger partial charge in [0.05, 0.1) is 0 Å². The third-order valence-corrected chi connectivity index (χ3v) is 4.81. The summed E-state index contributed by atoms with van der Waals surface area (Å²) in [6.07, 6.45) is 5.15. The molecule has 1 aromatic carbocycles. The largest absolute Gasteiger partial charge is 0.333 e. The Morgan fingerprint density at radius 3 is 2.78 bits per heavy atom. The van der Waals surface area contributed by atoms with Gasteiger partial charge in [-0.05, 0) is 43.2 Å². The molecule has 0 bridgehead atoms. The Hall–Kier alpha value is -1.22. The maximum absolute atomic E-state index is 12.1. The maximum Gasteiger partial charge on any atom is 0.247 e. The monoisotopic (exact) mass is 259 g/mol. The first-order valence-corrected chi connectivity index (χ1v) is 7.31. The minimum atomic E-state index is 0.203. The van der Waals surface area contributed by atoms with Crippen LogP contribution in [0.2, 0.25) is 0 Å². The van der Waals surface area contributed by atoms with Gasteiger partial charge in [-0.3, -0.25) is 4.79 Å². The number of benzene rings is 1. The van der Waals surface area contributed by atoms with Crippen LogP contribution in [0.15, 0.2) is 46.2 Å². The fraction of sp³-hybridized carbons (Fsp3) is 0.400. The van der Waals surface area contributed by atoms with Crippen molar-refractivity contribution >= 4 is 17.7 Å². The predicted octanol–water partition coefficient (Wildman–Crippen LogP) is 3.45. The van der Waals surface area contributed by atoms with E-state index in [9.17, 15) is 4.79 Å². The van der Waals surface area contributed by atoms with E-state index in [1.54, 1.807) is 11.8 Å². The molecule has 18 heavy (non-hydrogen) atoms. The van der Waals surface area contributed by atoms with Gasteiger partial charge in [-0.15, -0.1) is 0 Å². The fourth-order valence-electron chi connectivity index (χ4n) is 2.88. The maximum atomic E-state index is 12.1. The molecule has 2 nitrogen and oxygen atoms in total. The second-order valence-corrected chi connectivity index (χ2v) is 6.26. The van der Waals surface area contributed by atoms with Crippen molar-refractivity contribution in [2.24, 2.45) is 0 Å². The molecule has 1 saturated heterocycles. The lowest BCUT2D eigenvalue weighted by atomic mass is 10.1. The van der Waals surface area contributed by atoms with Crippen molar-refractivity contribution in [1.82, 2.24) is 4.90 Å². The molecule has 2 heterocycles. The van der Waals surface area contributed by atoms with Gasteiger partial charge in [-0.1, -0.05) is 30.0 Å². The summed E-state index contributed by atoms with van der Waals surface area (Å²) < 4.78 is 0. The molecular weight excluding hydrogens is 242 g/mol. The second-order valence-electron chi connectivity index (χ2n) is 5.06. The standard InChI is InChI=1S/C15H17NOS/c1-11-7-8-12-9-14(10-15(17)16(11)12)18-13-5-3-2-4-6-13/h2-6,10-12H,7-9H2,1H3/t11-,12-/m1/s1. The summed E-state index contributed by atoms with van der Waals surface area (Å²) in [5.74, 6) is 0.203. The first kappa shape index (κ1) is 11.8. The van der Waals surface area contributed by atoms with E-state index in [2.05, 4.69) is 24.0 Å². The Balaban J connectivity index is 1.77. The van der Waals surface area contributed by atoms with E-state index >= 15 is 0 Å². The summed E-state index contributed by atoms with van der Waals surface area (Å²) in [7, 11) is 0. The molecule has 1 amide bonds. The van der Waals surface area contributed by atoms with Gasteiger partial charge in [0.25, 0.3) is 0 Å². The van der Waals surface area contributed by atoms with Gasteiger partial charge in [-0.2, -0.15) is 0 Å². The smallest absolute Gasteiger partial charge is 0.247 e. The number of hydrogen-bond donors (Lipinski definition) is 0. The van der Waals surface area contributed by atoms with Crippen LogP contribution >= 0.6 is 11.8 Å². The molecule has 0 radical (unpaired) electrons. The van der Waals surface area contributed by atoms with E-state index in [1.807, 2.05) is 24.3 Å². The van der Waals surface area contributed by atoms with Gasteiger partial charge in [0.1, 0.15) is 0 Å². The lowest BCUT2D eigenvalue weighted by Crippen LogP contribution is -2.41. The molecule has 0 N–H and O–H groups in total. The highest BCUT2D eigenvalue weighted by molar-refractivity contribution is 8.03. The van der Waals surface area contributed by atoms with E-state index in [1.165, 1.54) is 9.80 Å². The lowest BCUT2D eigenvalue weighted by molar-refractivity contribution is -0.129. The zero-order valence-electron chi connectivity index (χ0n) is 10.5. The fourth-order valence-corrected chi connectivity index (χ4v) is 3.92. The Bertz CT molecular complexity index is 483. The second kappa shape index (κ2) is 4.81. The van der Waals surface area contributed by atoms with Gasteiger partial charge in [0.2, 0.25) is 5.91 Å². The number of thioether (sulfide) groups is 1. The van der Waals surface area contributed by atoms with Crippen molar-refractivity contribution in [1.29, 1.82) is 0 Å². The highest BCUT2D eigenvalue weighted by Crippen LogP contribution is 2.38. The van der Waals surface area contributed by atoms with Crippen LogP contribution in [-0.4, -0.2) is 22.9 Å². The van der Waals surface area contributed by atoms with Crippen molar-refractivity contribution in [3.63, 3.8) is 0 Å². The van der Waals surface area contributed by atoms with Crippen molar-refractivity contribution in [2.75, 3.05) is 0 Å². The van der Waals surface area contributed by atoms with Crippen LogP contribution in [0.25, 0.3) is 0 Å². The van der Waals surface area contributed by atoms with Gasteiger partial charge in [0, 0.05) is 23.1 Å². The van der Waals surface area contributed by atoms with Crippen molar-refractivity contribution in [3.8, 4) is 0 Å². The molecular formula is C15H17NOS. The highest BCUT2D eigenvalue weighted by Gasteiger charge is 2.36. The highest BCUT2D eigenvalue weighted by atomic mass is 32.2.